The highest BCUT2D eigenvalue weighted by Gasteiger charge is 2.45. The molecule has 1 aromatic carbocycles. The van der Waals surface area contributed by atoms with E-state index in [1.165, 1.54) is 11.3 Å². The zero-order valence-electron chi connectivity index (χ0n) is 13.3. The van der Waals surface area contributed by atoms with Crippen molar-refractivity contribution >= 4 is 17.2 Å². The molecule has 1 saturated carbocycles. The smallest absolute Gasteiger partial charge is 0.223 e. The molecule has 1 amide bonds. The average Bonchev–Trinajstić information content (AvgIpc) is 3.15. The van der Waals surface area contributed by atoms with Gasteiger partial charge in [-0.15, -0.1) is 0 Å². The van der Waals surface area contributed by atoms with E-state index in [1.54, 1.807) is 14.0 Å². The van der Waals surface area contributed by atoms with Crippen LogP contribution in [0.3, 0.4) is 0 Å². The predicted octanol–water partition coefficient (Wildman–Crippen LogP) is 2.88. The van der Waals surface area contributed by atoms with E-state index in [4.69, 9.17) is 4.74 Å². The molecule has 0 aliphatic heterocycles. The zero-order chi connectivity index (χ0) is 16.4. The topological polar surface area (TPSA) is 58.6 Å². The van der Waals surface area contributed by atoms with Crippen molar-refractivity contribution in [2.75, 3.05) is 13.7 Å². The number of aliphatic hydroxyl groups is 1. The Morgan fingerprint density at radius 3 is 2.91 bits per heavy atom. The van der Waals surface area contributed by atoms with Gasteiger partial charge < -0.3 is 15.2 Å². The lowest BCUT2D eigenvalue weighted by Gasteiger charge is -2.22. The molecule has 1 aromatic heterocycles. The highest BCUT2D eigenvalue weighted by atomic mass is 32.1. The van der Waals surface area contributed by atoms with Crippen LogP contribution in [-0.4, -0.2) is 24.7 Å². The number of thiophene rings is 1. The Morgan fingerprint density at radius 1 is 1.43 bits per heavy atom. The van der Waals surface area contributed by atoms with Gasteiger partial charge in [0, 0.05) is 5.92 Å². The molecule has 2 N–H and O–H groups in total. The van der Waals surface area contributed by atoms with Gasteiger partial charge in [-0.25, -0.2) is 0 Å². The Bertz CT molecular complexity index is 681. The average molecular weight is 331 g/mol. The van der Waals surface area contributed by atoms with Crippen molar-refractivity contribution in [3.05, 3.63) is 52.2 Å². The molecular weight excluding hydrogens is 310 g/mol. The second-order valence-corrected chi connectivity index (χ2v) is 6.97. The number of carbonyl (C=O) groups excluding carboxylic acids is 1. The molecule has 0 radical (unpaired) electrons. The summed E-state index contributed by atoms with van der Waals surface area (Å²) in [5.74, 6) is 0.997. The summed E-state index contributed by atoms with van der Waals surface area (Å²) in [4.78, 5) is 12.3. The molecular formula is C18H21NO3S. The van der Waals surface area contributed by atoms with E-state index in [0.717, 1.165) is 23.3 Å². The number of methoxy groups -OCH3 is 1. The fourth-order valence-electron chi connectivity index (χ4n) is 2.86. The van der Waals surface area contributed by atoms with Crippen molar-refractivity contribution in [1.29, 1.82) is 0 Å². The summed E-state index contributed by atoms with van der Waals surface area (Å²) in [5.41, 5.74) is 0.879. The highest BCUT2D eigenvalue weighted by Crippen LogP contribution is 2.50. The Kier molecular flexibility index (Phi) is 4.41. The third kappa shape index (κ3) is 3.41. The number of hydrogen-bond acceptors (Lipinski definition) is 4. The first kappa shape index (κ1) is 16.0. The van der Waals surface area contributed by atoms with Gasteiger partial charge in [-0.3, -0.25) is 4.79 Å². The third-order valence-corrected chi connectivity index (χ3v) is 5.10. The van der Waals surface area contributed by atoms with Gasteiger partial charge in [-0.05, 0) is 53.3 Å². The molecule has 1 aliphatic rings. The van der Waals surface area contributed by atoms with Gasteiger partial charge in [-0.2, -0.15) is 11.3 Å². The van der Waals surface area contributed by atoms with Gasteiger partial charge in [0.05, 0.1) is 13.7 Å². The molecule has 1 aliphatic carbocycles. The molecule has 5 heteroatoms. The van der Waals surface area contributed by atoms with Crippen molar-refractivity contribution in [2.45, 2.75) is 24.9 Å². The summed E-state index contributed by atoms with van der Waals surface area (Å²) < 4.78 is 5.37. The van der Waals surface area contributed by atoms with E-state index in [-0.39, 0.29) is 24.3 Å². The largest absolute Gasteiger partial charge is 0.496 e. The van der Waals surface area contributed by atoms with Crippen molar-refractivity contribution in [1.82, 2.24) is 5.32 Å². The fraction of sp³-hybridized carbons (Fsp3) is 0.389. The van der Waals surface area contributed by atoms with Crippen LogP contribution in [-0.2, 0) is 10.4 Å². The first-order chi connectivity index (χ1) is 11.0. The lowest BCUT2D eigenvalue weighted by atomic mass is 9.99. The van der Waals surface area contributed by atoms with E-state index in [2.05, 4.69) is 5.32 Å². The van der Waals surface area contributed by atoms with Gasteiger partial charge in [0.1, 0.15) is 11.4 Å². The summed E-state index contributed by atoms with van der Waals surface area (Å²) in [7, 11) is 1.65. The van der Waals surface area contributed by atoms with Gasteiger partial charge in [0.25, 0.3) is 0 Å². The maximum absolute atomic E-state index is 12.3. The van der Waals surface area contributed by atoms with Crippen LogP contribution in [0.4, 0.5) is 0 Å². The van der Waals surface area contributed by atoms with Gasteiger partial charge >= 0.3 is 0 Å². The molecule has 0 bridgehead atoms. The van der Waals surface area contributed by atoms with Crippen molar-refractivity contribution < 1.29 is 14.6 Å². The van der Waals surface area contributed by atoms with E-state index in [9.17, 15) is 9.90 Å². The number of amides is 1. The van der Waals surface area contributed by atoms with Crippen LogP contribution >= 0.6 is 11.3 Å². The van der Waals surface area contributed by atoms with Crippen LogP contribution < -0.4 is 10.1 Å². The summed E-state index contributed by atoms with van der Waals surface area (Å²) in [6.45, 7) is 1.94. The number of carbonyl (C=O) groups is 1. The third-order valence-electron chi connectivity index (χ3n) is 4.42. The van der Waals surface area contributed by atoms with Crippen LogP contribution in [0.15, 0.2) is 41.1 Å². The molecule has 23 heavy (non-hydrogen) atoms. The van der Waals surface area contributed by atoms with Crippen LogP contribution in [0.1, 0.15) is 30.4 Å². The number of rotatable bonds is 6. The summed E-state index contributed by atoms with van der Waals surface area (Å²) in [6.07, 6.45) is 0.826. The summed E-state index contributed by atoms with van der Waals surface area (Å²) in [5, 5.41) is 17.2. The maximum atomic E-state index is 12.3. The minimum Gasteiger partial charge on any atom is -0.496 e. The van der Waals surface area contributed by atoms with E-state index >= 15 is 0 Å². The Morgan fingerprint density at radius 2 is 2.22 bits per heavy atom. The SMILES string of the molecule is COc1ccccc1C1CC1C(=O)NCC(C)(O)c1ccsc1. The Labute approximate surface area is 140 Å². The minimum absolute atomic E-state index is 0.00332. The molecule has 3 rings (SSSR count). The monoisotopic (exact) mass is 331 g/mol. The minimum atomic E-state index is -1.04. The van der Waals surface area contributed by atoms with Crippen molar-refractivity contribution in [3.8, 4) is 5.75 Å². The van der Waals surface area contributed by atoms with Crippen LogP contribution in [0.2, 0.25) is 0 Å². The summed E-state index contributed by atoms with van der Waals surface area (Å²) in [6, 6.07) is 9.71. The molecule has 3 atom stereocenters. The molecule has 0 saturated heterocycles. The molecule has 1 fully saturated rings. The number of nitrogens with one attached hydrogen (secondary N) is 1. The van der Waals surface area contributed by atoms with E-state index < -0.39 is 5.60 Å². The Hall–Kier alpha value is -1.85. The normalized spacial score (nSPS) is 22.2. The molecule has 4 nitrogen and oxygen atoms in total. The second-order valence-electron chi connectivity index (χ2n) is 6.19. The number of hydrogen-bond donors (Lipinski definition) is 2. The molecule has 1 heterocycles. The fourth-order valence-corrected chi connectivity index (χ4v) is 3.65. The van der Waals surface area contributed by atoms with Gasteiger partial charge in [-0.1, -0.05) is 18.2 Å². The lowest BCUT2D eigenvalue weighted by molar-refractivity contribution is -0.123. The zero-order valence-corrected chi connectivity index (χ0v) is 14.1. The van der Waals surface area contributed by atoms with Crippen LogP contribution in [0, 0.1) is 5.92 Å². The molecule has 2 aromatic rings. The first-order valence-corrected chi connectivity index (χ1v) is 8.63. The first-order valence-electron chi connectivity index (χ1n) is 7.68. The Balaban J connectivity index is 1.59. The molecule has 0 spiro atoms. The highest BCUT2D eigenvalue weighted by molar-refractivity contribution is 7.08. The second kappa shape index (κ2) is 6.34. The summed E-state index contributed by atoms with van der Waals surface area (Å²) >= 11 is 1.53. The maximum Gasteiger partial charge on any atom is 0.223 e. The van der Waals surface area contributed by atoms with Gasteiger partial charge in [0.15, 0.2) is 0 Å². The van der Waals surface area contributed by atoms with Crippen LogP contribution in [0.5, 0.6) is 5.75 Å². The van der Waals surface area contributed by atoms with E-state index in [1.807, 2.05) is 41.1 Å². The predicted molar refractivity (Wildman–Crippen MR) is 90.7 cm³/mol. The van der Waals surface area contributed by atoms with Crippen molar-refractivity contribution in [3.63, 3.8) is 0 Å². The molecule has 122 valence electrons. The number of benzene rings is 1. The lowest BCUT2D eigenvalue weighted by Crippen LogP contribution is -2.39. The van der Waals surface area contributed by atoms with E-state index in [0.29, 0.717) is 0 Å². The van der Waals surface area contributed by atoms with Crippen molar-refractivity contribution in [2.24, 2.45) is 5.92 Å². The number of ether oxygens (including phenoxy) is 1. The standard InChI is InChI=1S/C18H21NO3S/c1-18(21,12-7-8-23-10-12)11-19-17(20)15-9-14(15)13-5-3-4-6-16(13)22-2/h3-8,10,14-15,21H,9,11H2,1-2H3,(H,19,20). The van der Waals surface area contributed by atoms with Crippen LogP contribution in [0.25, 0.3) is 0 Å². The number of para-hydroxylation sites is 1. The quantitative estimate of drug-likeness (QED) is 0.856. The van der Waals surface area contributed by atoms with Gasteiger partial charge in [0.2, 0.25) is 5.91 Å². The molecule has 3 unspecified atom stereocenters.